The lowest BCUT2D eigenvalue weighted by Gasteiger charge is -2.53. The van der Waals surface area contributed by atoms with Gasteiger partial charge in [0.05, 0.1) is 27.7 Å². The van der Waals surface area contributed by atoms with Crippen molar-refractivity contribution in [3.05, 3.63) is 122 Å². The van der Waals surface area contributed by atoms with Gasteiger partial charge in [0, 0.05) is 66.5 Å². The molecule has 0 bridgehead atoms. The Balaban J connectivity index is 0.947. The fourth-order valence-electron chi connectivity index (χ4n) is 8.15. The van der Waals surface area contributed by atoms with Crippen LogP contribution < -0.4 is 15.5 Å². The fourth-order valence-corrected chi connectivity index (χ4v) is 9.38. The number of fused-ring (bicyclic) bond motifs is 3. The maximum atomic E-state index is 14.8. The summed E-state index contributed by atoms with van der Waals surface area (Å²) >= 11 is 1.02. The predicted molar refractivity (Wildman–Crippen MR) is 200 cm³/mol. The van der Waals surface area contributed by atoms with Crippen molar-refractivity contribution in [3.63, 3.8) is 0 Å². The molecule has 56 heavy (non-hydrogen) atoms. The number of carbonyl (C=O) groups is 3. The first-order chi connectivity index (χ1) is 26.8. The number of nitrogens with one attached hydrogen (secondary N) is 2. The van der Waals surface area contributed by atoms with Gasteiger partial charge in [-0.25, -0.2) is 13.8 Å². The fraction of sp³-hybridized carbons (Fsp3) is 0.366. The highest BCUT2D eigenvalue weighted by Crippen LogP contribution is 2.45. The maximum Gasteiger partial charge on any atom is 0.418 e. The third-order valence-electron chi connectivity index (χ3n) is 11.1. The normalized spacial score (nSPS) is 21.5. The van der Waals surface area contributed by atoms with Crippen LogP contribution in [0.3, 0.4) is 0 Å². The lowest BCUT2D eigenvalue weighted by molar-refractivity contribution is -0.137. The number of para-hydroxylation sites is 1. The molecule has 1 spiro atoms. The standard InChI is InChI=1S/C41H38F5N5O4S/c1-23-17-29(36(47-20-23)50-21-40(22-50)12-15-55-16-13-40)37(52)48-27-8-5-24(6-9-27)39(54)51-14-11-25-18-33(56-35(25)28-10-7-26(42)19-32(28)51)38(53)49-34-30(41(44,45)46)3-2-4-31(34)43/h2-8,17-20,27-28H,9-16,21-22H2,1H3,(H,48,52)(H,49,53). The number of hydrogen-bond donors (Lipinski definition) is 2. The summed E-state index contributed by atoms with van der Waals surface area (Å²) < 4.78 is 75.6. The van der Waals surface area contributed by atoms with Crippen molar-refractivity contribution in [2.24, 2.45) is 5.41 Å². The number of alkyl halides is 3. The molecule has 2 aromatic heterocycles. The summed E-state index contributed by atoms with van der Waals surface area (Å²) in [5, 5.41) is 5.17. The molecule has 3 amide bonds. The third-order valence-corrected chi connectivity index (χ3v) is 12.4. The van der Waals surface area contributed by atoms with Gasteiger partial charge in [-0.1, -0.05) is 24.3 Å². The molecule has 5 heterocycles. The molecule has 2 unspecified atom stereocenters. The van der Waals surface area contributed by atoms with E-state index < -0.39 is 40.9 Å². The van der Waals surface area contributed by atoms with E-state index in [-0.39, 0.29) is 47.5 Å². The van der Waals surface area contributed by atoms with Gasteiger partial charge in [0.25, 0.3) is 17.7 Å². The lowest BCUT2D eigenvalue weighted by Crippen LogP contribution is -2.59. The Labute approximate surface area is 323 Å². The molecule has 2 N–H and O–H groups in total. The Kier molecular flexibility index (Phi) is 9.94. The first-order valence-corrected chi connectivity index (χ1v) is 19.3. The number of halogens is 5. The van der Waals surface area contributed by atoms with Gasteiger partial charge >= 0.3 is 6.18 Å². The highest BCUT2D eigenvalue weighted by Gasteiger charge is 2.45. The number of anilines is 2. The van der Waals surface area contributed by atoms with E-state index >= 15 is 0 Å². The van der Waals surface area contributed by atoms with Crippen LogP contribution in [0, 0.1) is 18.2 Å². The molecule has 1 aromatic carbocycles. The minimum absolute atomic E-state index is 0.0632. The van der Waals surface area contributed by atoms with Crippen LogP contribution in [0.4, 0.5) is 33.5 Å². The molecule has 15 heteroatoms. The summed E-state index contributed by atoms with van der Waals surface area (Å²) in [4.78, 5) is 50.0. The highest BCUT2D eigenvalue weighted by atomic mass is 32.1. The second-order valence-corrected chi connectivity index (χ2v) is 16.0. The van der Waals surface area contributed by atoms with Gasteiger partial charge < -0.3 is 25.2 Å². The monoisotopic (exact) mass is 791 g/mol. The van der Waals surface area contributed by atoms with Crippen LogP contribution in [0.2, 0.25) is 0 Å². The van der Waals surface area contributed by atoms with E-state index in [0.717, 1.165) is 68.2 Å². The van der Waals surface area contributed by atoms with Crippen molar-refractivity contribution < 1.29 is 41.1 Å². The van der Waals surface area contributed by atoms with Gasteiger partial charge in [-0.05, 0) is 86.6 Å². The second-order valence-electron chi connectivity index (χ2n) is 15.0. The number of carbonyl (C=O) groups excluding carboxylic acids is 3. The Morgan fingerprint density at radius 1 is 1.04 bits per heavy atom. The molecule has 5 aliphatic rings. The van der Waals surface area contributed by atoms with E-state index in [2.05, 4.69) is 20.5 Å². The molecule has 2 fully saturated rings. The molecule has 3 aliphatic heterocycles. The summed E-state index contributed by atoms with van der Waals surface area (Å²) in [6.07, 6.45) is 7.50. The first-order valence-electron chi connectivity index (χ1n) is 18.5. The second kappa shape index (κ2) is 14.7. The van der Waals surface area contributed by atoms with Crippen LogP contribution in [-0.4, -0.2) is 66.5 Å². The quantitative estimate of drug-likeness (QED) is 0.248. The SMILES string of the molecule is Cc1cnc(N2CC3(CCOCC3)C2)c(C(=O)NC2C=CC(C(=O)N3CCc4cc(C(=O)Nc5c(F)cccc5C(F)(F)F)sc4C4CC=C(F)C=C43)=CC2)c1. The van der Waals surface area contributed by atoms with Crippen LogP contribution in [-0.2, 0) is 22.1 Å². The summed E-state index contributed by atoms with van der Waals surface area (Å²) in [6, 6.07) is 5.44. The molecular weight excluding hydrogens is 754 g/mol. The van der Waals surface area contributed by atoms with E-state index in [0.29, 0.717) is 45.6 Å². The topological polar surface area (TPSA) is 104 Å². The summed E-state index contributed by atoms with van der Waals surface area (Å²) in [6.45, 7) is 5.17. The van der Waals surface area contributed by atoms with Crippen molar-refractivity contribution in [2.75, 3.05) is 43.1 Å². The summed E-state index contributed by atoms with van der Waals surface area (Å²) in [7, 11) is 0. The zero-order valence-electron chi connectivity index (χ0n) is 30.3. The van der Waals surface area contributed by atoms with Crippen molar-refractivity contribution >= 4 is 40.6 Å². The number of aromatic nitrogens is 1. The molecule has 2 saturated heterocycles. The zero-order valence-corrected chi connectivity index (χ0v) is 31.2. The van der Waals surface area contributed by atoms with Gasteiger partial charge in [-0.2, -0.15) is 13.2 Å². The minimum atomic E-state index is -4.89. The first kappa shape index (κ1) is 37.8. The summed E-state index contributed by atoms with van der Waals surface area (Å²) in [5.41, 5.74) is 0.749. The average molecular weight is 792 g/mol. The molecule has 0 radical (unpaired) electrons. The van der Waals surface area contributed by atoms with E-state index in [1.165, 1.54) is 23.1 Å². The maximum absolute atomic E-state index is 14.8. The number of hydrogen-bond acceptors (Lipinski definition) is 7. The molecule has 2 aliphatic carbocycles. The number of benzene rings is 1. The van der Waals surface area contributed by atoms with Gasteiger partial charge in [-0.3, -0.25) is 14.4 Å². The average Bonchev–Trinajstić information content (AvgIpc) is 3.53. The Morgan fingerprint density at radius 2 is 1.82 bits per heavy atom. The van der Waals surface area contributed by atoms with Gasteiger partial charge in [-0.15, -0.1) is 11.3 Å². The molecule has 0 saturated carbocycles. The number of pyridine rings is 1. The van der Waals surface area contributed by atoms with Crippen LogP contribution in [0.5, 0.6) is 0 Å². The number of rotatable bonds is 6. The smallest absolute Gasteiger partial charge is 0.381 e. The van der Waals surface area contributed by atoms with E-state index in [4.69, 9.17) is 4.74 Å². The van der Waals surface area contributed by atoms with Crippen LogP contribution in [0.25, 0.3) is 0 Å². The Hall–Kier alpha value is -5.15. The number of aryl methyl sites for hydroxylation is 1. The molecule has 8 rings (SSSR count). The lowest BCUT2D eigenvalue weighted by atomic mass is 9.73. The van der Waals surface area contributed by atoms with E-state index in [1.807, 2.05) is 13.0 Å². The van der Waals surface area contributed by atoms with Crippen LogP contribution in [0.15, 0.2) is 84.0 Å². The molecule has 9 nitrogen and oxygen atoms in total. The molecule has 3 aromatic rings. The number of thiophene rings is 1. The largest absolute Gasteiger partial charge is 0.418 e. The molecule has 292 valence electrons. The zero-order chi connectivity index (χ0) is 39.4. The predicted octanol–water partition coefficient (Wildman–Crippen LogP) is 7.77. The van der Waals surface area contributed by atoms with Gasteiger partial charge in [0.2, 0.25) is 0 Å². The van der Waals surface area contributed by atoms with Gasteiger partial charge in [0.1, 0.15) is 17.5 Å². The number of ether oxygens (including phenoxy) is 1. The number of amides is 3. The molecular formula is C41H38F5N5O4S. The van der Waals surface area contributed by atoms with Crippen molar-refractivity contribution in [2.45, 2.75) is 57.2 Å². The Morgan fingerprint density at radius 3 is 2.55 bits per heavy atom. The number of nitrogens with zero attached hydrogens (tertiary/aromatic N) is 3. The van der Waals surface area contributed by atoms with Gasteiger partial charge in [0.15, 0.2) is 0 Å². The van der Waals surface area contributed by atoms with Crippen molar-refractivity contribution in [1.29, 1.82) is 0 Å². The van der Waals surface area contributed by atoms with E-state index in [1.54, 1.807) is 24.4 Å². The van der Waals surface area contributed by atoms with Crippen molar-refractivity contribution in [3.8, 4) is 0 Å². The Bertz CT molecular complexity index is 2230. The third kappa shape index (κ3) is 7.29. The van der Waals surface area contributed by atoms with Crippen LogP contribution >= 0.6 is 11.3 Å². The minimum Gasteiger partial charge on any atom is -0.381 e. The van der Waals surface area contributed by atoms with Crippen LogP contribution in [0.1, 0.15) is 73.2 Å². The number of allylic oxidation sites excluding steroid dienone is 4. The molecule has 2 atom stereocenters. The van der Waals surface area contributed by atoms with E-state index in [9.17, 15) is 36.3 Å². The van der Waals surface area contributed by atoms with Crippen molar-refractivity contribution in [1.82, 2.24) is 15.2 Å². The highest BCUT2D eigenvalue weighted by molar-refractivity contribution is 7.14. The summed E-state index contributed by atoms with van der Waals surface area (Å²) in [5.74, 6) is -3.12.